The minimum Gasteiger partial charge on any atom is -0.489 e. The van der Waals surface area contributed by atoms with Crippen LogP contribution in [0.5, 0.6) is 5.75 Å². The van der Waals surface area contributed by atoms with Crippen LogP contribution in [0.2, 0.25) is 0 Å². The fourth-order valence-corrected chi connectivity index (χ4v) is 3.54. The van der Waals surface area contributed by atoms with Crippen LogP contribution in [0.15, 0.2) is 36.4 Å². The molecule has 3 rings (SSSR count). The monoisotopic (exact) mass is 368 g/mol. The average Bonchev–Trinajstić information content (AvgIpc) is 3.55. The zero-order chi connectivity index (χ0) is 19.2. The lowest BCUT2D eigenvalue weighted by atomic mass is 9.94. The minimum atomic E-state index is -0.523. The van der Waals surface area contributed by atoms with Gasteiger partial charge in [-0.1, -0.05) is 38.1 Å². The van der Waals surface area contributed by atoms with Crippen molar-refractivity contribution in [1.29, 1.82) is 0 Å². The molecule has 0 aliphatic heterocycles. The van der Waals surface area contributed by atoms with Gasteiger partial charge in [0.25, 0.3) is 0 Å². The fourth-order valence-electron chi connectivity index (χ4n) is 3.54. The molecule has 1 fully saturated rings. The van der Waals surface area contributed by atoms with Gasteiger partial charge in [0.2, 0.25) is 0 Å². The van der Waals surface area contributed by atoms with E-state index in [0.29, 0.717) is 36.7 Å². The van der Waals surface area contributed by atoms with E-state index in [2.05, 4.69) is 25.1 Å². The summed E-state index contributed by atoms with van der Waals surface area (Å²) in [5.74, 6) is 1.51. The van der Waals surface area contributed by atoms with E-state index in [0.717, 1.165) is 18.4 Å². The number of Topliss-reactive ketones (excluding diaryl/α,β-unsaturated/α-hetero) is 1. The van der Waals surface area contributed by atoms with E-state index >= 15 is 0 Å². The summed E-state index contributed by atoms with van der Waals surface area (Å²) in [7, 11) is 0. The molecule has 3 heteroatoms. The Morgan fingerprint density at radius 1 is 1.15 bits per heavy atom. The maximum absolute atomic E-state index is 13.5. The van der Waals surface area contributed by atoms with Crippen molar-refractivity contribution in [2.24, 2.45) is 0 Å². The predicted octanol–water partition coefficient (Wildman–Crippen LogP) is 6.09. The van der Waals surface area contributed by atoms with Gasteiger partial charge in [-0.3, -0.25) is 4.79 Å². The van der Waals surface area contributed by atoms with Crippen LogP contribution in [-0.4, -0.2) is 5.78 Å². The number of halogens is 1. The van der Waals surface area contributed by atoms with Crippen molar-refractivity contribution in [2.75, 3.05) is 0 Å². The third-order valence-electron chi connectivity index (χ3n) is 5.44. The van der Waals surface area contributed by atoms with Crippen molar-refractivity contribution in [3.8, 4) is 5.75 Å². The summed E-state index contributed by atoms with van der Waals surface area (Å²) >= 11 is 0. The van der Waals surface area contributed by atoms with Crippen LogP contribution < -0.4 is 4.74 Å². The Hall–Kier alpha value is -2.16. The molecule has 0 amide bonds. The number of hydrogen-bond acceptors (Lipinski definition) is 2. The van der Waals surface area contributed by atoms with Gasteiger partial charge in [-0.2, -0.15) is 0 Å². The van der Waals surface area contributed by atoms with Crippen LogP contribution in [0.4, 0.5) is 4.39 Å². The van der Waals surface area contributed by atoms with E-state index < -0.39 is 6.67 Å². The van der Waals surface area contributed by atoms with Crippen molar-refractivity contribution in [3.05, 3.63) is 64.2 Å². The lowest BCUT2D eigenvalue weighted by Crippen LogP contribution is -2.07. The highest BCUT2D eigenvalue weighted by Crippen LogP contribution is 2.42. The van der Waals surface area contributed by atoms with Crippen molar-refractivity contribution >= 4 is 5.78 Å². The molecule has 0 spiro atoms. The summed E-state index contributed by atoms with van der Waals surface area (Å²) in [6.07, 6.45) is 5.21. The average molecular weight is 368 g/mol. The van der Waals surface area contributed by atoms with Crippen molar-refractivity contribution < 1.29 is 13.9 Å². The number of carbonyl (C=O) groups is 1. The molecule has 144 valence electrons. The number of hydrogen-bond donors (Lipinski definition) is 0. The standard InChI is InChI=1S/C24H29FO2/c1-3-17-8-13-24(20(14-17)15-25)27-16-23-18(11-12-21(26)4-2)6-5-7-22(23)19-9-10-19/h5-8,13-14,19H,3-4,9-12,15-16H2,1-2H3. The third-order valence-corrected chi connectivity index (χ3v) is 5.44. The van der Waals surface area contributed by atoms with E-state index in [1.165, 1.54) is 29.5 Å². The molecule has 2 aromatic carbocycles. The van der Waals surface area contributed by atoms with Gasteiger partial charge in [0, 0.05) is 18.4 Å². The lowest BCUT2D eigenvalue weighted by Gasteiger charge is -2.17. The minimum absolute atomic E-state index is 0.286. The molecule has 0 saturated heterocycles. The van der Waals surface area contributed by atoms with Crippen molar-refractivity contribution in [3.63, 3.8) is 0 Å². The first kappa shape index (κ1) is 19.6. The Balaban J connectivity index is 1.81. The molecule has 0 N–H and O–H groups in total. The Morgan fingerprint density at radius 3 is 2.63 bits per heavy atom. The maximum Gasteiger partial charge on any atom is 0.132 e. The molecule has 27 heavy (non-hydrogen) atoms. The van der Waals surface area contributed by atoms with Gasteiger partial charge in [-0.05, 0) is 66.0 Å². The van der Waals surface area contributed by atoms with Crippen molar-refractivity contribution in [2.45, 2.75) is 71.6 Å². The molecule has 0 atom stereocenters. The molecular weight excluding hydrogens is 339 g/mol. The first-order valence-corrected chi connectivity index (χ1v) is 10.1. The summed E-state index contributed by atoms with van der Waals surface area (Å²) in [5, 5.41) is 0. The van der Waals surface area contributed by atoms with Gasteiger partial charge in [-0.25, -0.2) is 4.39 Å². The van der Waals surface area contributed by atoms with Crippen molar-refractivity contribution in [1.82, 2.24) is 0 Å². The van der Waals surface area contributed by atoms with E-state index in [4.69, 9.17) is 4.74 Å². The summed E-state index contributed by atoms with van der Waals surface area (Å²) in [4.78, 5) is 11.8. The second kappa shape index (κ2) is 9.16. The van der Waals surface area contributed by atoms with Gasteiger partial charge in [0.15, 0.2) is 0 Å². The first-order chi connectivity index (χ1) is 13.2. The van der Waals surface area contributed by atoms with Gasteiger partial charge < -0.3 is 4.74 Å². The molecule has 0 unspecified atom stereocenters. The number of aryl methyl sites for hydroxylation is 2. The van der Waals surface area contributed by atoms with Crippen LogP contribution >= 0.6 is 0 Å². The Morgan fingerprint density at radius 2 is 1.96 bits per heavy atom. The largest absolute Gasteiger partial charge is 0.489 e. The zero-order valence-electron chi connectivity index (χ0n) is 16.4. The van der Waals surface area contributed by atoms with E-state index in [9.17, 15) is 9.18 Å². The topological polar surface area (TPSA) is 26.3 Å². The fraction of sp³-hybridized carbons (Fsp3) is 0.458. The summed E-state index contributed by atoms with van der Waals surface area (Å²) in [6, 6.07) is 12.1. The smallest absolute Gasteiger partial charge is 0.132 e. The van der Waals surface area contributed by atoms with Gasteiger partial charge in [0.05, 0.1) is 0 Å². The van der Waals surface area contributed by atoms with Crippen LogP contribution in [0, 0.1) is 0 Å². The molecule has 1 aliphatic carbocycles. The quantitative estimate of drug-likeness (QED) is 0.507. The zero-order valence-corrected chi connectivity index (χ0v) is 16.4. The molecule has 0 radical (unpaired) electrons. The Kier molecular flexibility index (Phi) is 6.65. The summed E-state index contributed by atoms with van der Waals surface area (Å²) in [6.45, 7) is 3.88. The van der Waals surface area contributed by atoms with Gasteiger partial charge in [0.1, 0.15) is 24.8 Å². The number of benzene rings is 2. The van der Waals surface area contributed by atoms with Crippen LogP contribution in [0.3, 0.4) is 0 Å². The SMILES string of the molecule is CCC(=O)CCc1cccc(C2CC2)c1COc1ccc(CC)cc1CF. The number of carbonyl (C=O) groups excluding carboxylic acids is 1. The molecule has 0 heterocycles. The van der Waals surface area contributed by atoms with E-state index in [1.807, 2.05) is 25.1 Å². The van der Waals surface area contributed by atoms with Gasteiger partial charge >= 0.3 is 0 Å². The second-order valence-corrected chi connectivity index (χ2v) is 7.37. The molecule has 2 nitrogen and oxygen atoms in total. The first-order valence-electron chi connectivity index (χ1n) is 10.1. The number of ketones is 1. The maximum atomic E-state index is 13.5. The number of alkyl halides is 1. The highest BCUT2D eigenvalue weighted by Gasteiger charge is 2.27. The Labute approximate surface area is 161 Å². The molecule has 1 aliphatic rings. The molecular formula is C24H29FO2. The van der Waals surface area contributed by atoms with E-state index in [1.54, 1.807) is 0 Å². The second-order valence-electron chi connectivity index (χ2n) is 7.37. The van der Waals surface area contributed by atoms with E-state index in [-0.39, 0.29) is 5.78 Å². The predicted molar refractivity (Wildman–Crippen MR) is 107 cm³/mol. The third kappa shape index (κ3) is 4.97. The summed E-state index contributed by atoms with van der Waals surface area (Å²) in [5.41, 5.74) is 5.44. The highest BCUT2D eigenvalue weighted by molar-refractivity contribution is 5.78. The molecule has 2 aromatic rings. The number of rotatable bonds is 10. The normalized spacial score (nSPS) is 13.6. The van der Waals surface area contributed by atoms with Crippen LogP contribution in [0.25, 0.3) is 0 Å². The molecule has 1 saturated carbocycles. The number of ether oxygens (including phenoxy) is 1. The van der Waals surface area contributed by atoms with Crippen LogP contribution in [-0.2, 0) is 30.9 Å². The van der Waals surface area contributed by atoms with Gasteiger partial charge in [-0.15, -0.1) is 0 Å². The Bertz CT molecular complexity index is 793. The van der Waals surface area contributed by atoms with Crippen LogP contribution in [0.1, 0.15) is 73.3 Å². The lowest BCUT2D eigenvalue weighted by molar-refractivity contribution is -0.118. The molecule has 0 aromatic heterocycles. The highest BCUT2D eigenvalue weighted by atomic mass is 19.1. The summed E-state index contributed by atoms with van der Waals surface area (Å²) < 4.78 is 19.5. The molecule has 0 bridgehead atoms.